The molecule has 0 aromatic heterocycles. The number of benzene rings is 1. The van der Waals surface area contributed by atoms with Gasteiger partial charge in [0, 0.05) is 10.5 Å². The first-order valence-electron chi connectivity index (χ1n) is 4.54. The fourth-order valence-corrected chi connectivity index (χ4v) is 1.76. The molecule has 0 fully saturated rings. The maximum Gasteiger partial charge on any atom is 0.390 e. The van der Waals surface area contributed by atoms with Crippen LogP contribution >= 0.6 is 15.9 Å². The summed E-state index contributed by atoms with van der Waals surface area (Å²) in [6.07, 6.45) is -5.38. The Hall–Kier alpha value is -0.620. The lowest BCUT2D eigenvalue weighted by Gasteiger charge is -2.14. The molecule has 0 amide bonds. The molecule has 0 bridgehead atoms. The van der Waals surface area contributed by atoms with Crippen molar-refractivity contribution in [3.63, 3.8) is 0 Å². The van der Waals surface area contributed by atoms with Crippen LogP contribution in [0.3, 0.4) is 0 Å². The highest BCUT2D eigenvalue weighted by atomic mass is 79.9. The van der Waals surface area contributed by atoms with Crippen LogP contribution < -0.4 is 5.73 Å². The van der Waals surface area contributed by atoms with Gasteiger partial charge in [-0.1, -0.05) is 15.9 Å². The van der Waals surface area contributed by atoms with Gasteiger partial charge in [-0.2, -0.15) is 13.2 Å². The molecule has 0 spiro atoms. The quantitative estimate of drug-likeness (QED) is 0.851. The van der Waals surface area contributed by atoms with E-state index in [1.54, 1.807) is 0 Å². The Labute approximate surface area is 98.8 Å². The smallest absolute Gasteiger partial charge is 0.327 e. The van der Waals surface area contributed by atoms with Crippen LogP contribution in [0.2, 0.25) is 0 Å². The molecule has 0 aliphatic heterocycles. The minimum atomic E-state index is -4.29. The van der Waals surface area contributed by atoms with Crippen LogP contribution in [0.1, 0.15) is 12.0 Å². The SMILES string of the molecule is NC(Cc1cc(F)ccc1Br)CC(F)(F)F. The number of alkyl halides is 3. The van der Waals surface area contributed by atoms with Gasteiger partial charge < -0.3 is 5.73 Å². The van der Waals surface area contributed by atoms with Gasteiger partial charge in [0.2, 0.25) is 0 Å². The van der Waals surface area contributed by atoms with E-state index in [1.165, 1.54) is 18.2 Å². The van der Waals surface area contributed by atoms with Crippen LogP contribution in [0.25, 0.3) is 0 Å². The molecule has 0 aliphatic carbocycles. The van der Waals surface area contributed by atoms with Gasteiger partial charge in [0.25, 0.3) is 0 Å². The third kappa shape index (κ3) is 4.49. The number of hydrogen-bond donors (Lipinski definition) is 1. The second kappa shape index (κ2) is 5.14. The molecule has 1 aromatic carbocycles. The largest absolute Gasteiger partial charge is 0.390 e. The van der Waals surface area contributed by atoms with E-state index in [0.29, 0.717) is 10.0 Å². The fraction of sp³-hybridized carbons (Fsp3) is 0.400. The molecule has 0 heterocycles. The zero-order valence-corrected chi connectivity index (χ0v) is 9.78. The molecule has 90 valence electrons. The standard InChI is InChI=1S/C10H10BrF4N/c11-9-2-1-7(12)3-6(9)4-8(16)5-10(13,14)15/h1-3,8H,4-5,16H2. The van der Waals surface area contributed by atoms with Gasteiger partial charge in [-0.3, -0.25) is 0 Å². The van der Waals surface area contributed by atoms with E-state index >= 15 is 0 Å². The second-order valence-corrected chi connectivity index (χ2v) is 4.37. The van der Waals surface area contributed by atoms with Crippen molar-refractivity contribution in [2.24, 2.45) is 5.73 Å². The summed E-state index contributed by atoms with van der Waals surface area (Å²) in [6, 6.07) is 2.80. The molecule has 0 aliphatic rings. The molecule has 0 saturated heterocycles. The van der Waals surface area contributed by atoms with Crippen molar-refractivity contribution < 1.29 is 17.6 Å². The zero-order chi connectivity index (χ0) is 12.3. The van der Waals surface area contributed by atoms with Crippen LogP contribution in [0.5, 0.6) is 0 Å². The first kappa shape index (κ1) is 13.4. The van der Waals surface area contributed by atoms with Crippen molar-refractivity contribution in [3.05, 3.63) is 34.1 Å². The monoisotopic (exact) mass is 299 g/mol. The third-order valence-corrected chi connectivity index (χ3v) is 2.76. The van der Waals surface area contributed by atoms with E-state index in [4.69, 9.17) is 5.73 Å². The van der Waals surface area contributed by atoms with E-state index in [0.717, 1.165) is 0 Å². The molecule has 1 atom stereocenters. The van der Waals surface area contributed by atoms with E-state index in [1.807, 2.05) is 0 Å². The van der Waals surface area contributed by atoms with Gasteiger partial charge in [0.1, 0.15) is 5.82 Å². The maximum absolute atomic E-state index is 12.9. The van der Waals surface area contributed by atoms with E-state index in [9.17, 15) is 17.6 Å². The highest BCUT2D eigenvalue weighted by Gasteiger charge is 2.30. The van der Waals surface area contributed by atoms with Gasteiger partial charge in [-0.25, -0.2) is 4.39 Å². The van der Waals surface area contributed by atoms with Crippen molar-refractivity contribution in [1.82, 2.24) is 0 Å². The molecular weight excluding hydrogens is 290 g/mol. The Kier molecular flexibility index (Phi) is 4.32. The van der Waals surface area contributed by atoms with Gasteiger partial charge in [-0.15, -0.1) is 0 Å². The van der Waals surface area contributed by atoms with Crippen molar-refractivity contribution in [2.75, 3.05) is 0 Å². The third-order valence-electron chi connectivity index (χ3n) is 1.98. The van der Waals surface area contributed by atoms with E-state index in [-0.39, 0.29) is 6.42 Å². The summed E-state index contributed by atoms with van der Waals surface area (Å²) in [6.45, 7) is 0. The summed E-state index contributed by atoms with van der Waals surface area (Å²) in [4.78, 5) is 0. The van der Waals surface area contributed by atoms with Crippen molar-refractivity contribution >= 4 is 15.9 Å². The molecular formula is C10H10BrF4N. The number of nitrogens with two attached hydrogens (primary N) is 1. The Morgan fingerprint density at radius 3 is 2.50 bits per heavy atom. The van der Waals surface area contributed by atoms with E-state index < -0.39 is 24.5 Å². The molecule has 1 unspecified atom stereocenters. The minimum absolute atomic E-state index is 0.0160. The topological polar surface area (TPSA) is 26.0 Å². The second-order valence-electron chi connectivity index (χ2n) is 3.52. The van der Waals surface area contributed by atoms with Crippen molar-refractivity contribution in [3.8, 4) is 0 Å². The Bertz CT molecular complexity index is 364. The molecule has 1 aromatic rings. The van der Waals surface area contributed by atoms with Crippen LogP contribution in [0, 0.1) is 5.82 Å². The minimum Gasteiger partial charge on any atom is -0.327 e. The molecule has 1 nitrogen and oxygen atoms in total. The molecule has 6 heteroatoms. The summed E-state index contributed by atoms with van der Waals surface area (Å²) < 4.78 is 49.5. The predicted molar refractivity (Wildman–Crippen MR) is 56.5 cm³/mol. The predicted octanol–water partition coefficient (Wildman–Crippen LogP) is 3.41. The molecule has 2 N–H and O–H groups in total. The summed E-state index contributed by atoms with van der Waals surface area (Å²) >= 11 is 3.14. The van der Waals surface area contributed by atoms with Gasteiger partial charge >= 0.3 is 6.18 Å². The van der Waals surface area contributed by atoms with Crippen molar-refractivity contribution in [1.29, 1.82) is 0 Å². The number of hydrogen-bond acceptors (Lipinski definition) is 1. The van der Waals surface area contributed by atoms with Gasteiger partial charge in [-0.05, 0) is 30.2 Å². The highest BCUT2D eigenvalue weighted by Crippen LogP contribution is 2.24. The molecule has 16 heavy (non-hydrogen) atoms. The van der Waals surface area contributed by atoms with Crippen LogP contribution in [-0.2, 0) is 6.42 Å². The molecule has 1 rings (SSSR count). The number of rotatable bonds is 3. The highest BCUT2D eigenvalue weighted by molar-refractivity contribution is 9.10. The molecule has 0 radical (unpaired) electrons. The van der Waals surface area contributed by atoms with Crippen LogP contribution in [0.15, 0.2) is 22.7 Å². The van der Waals surface area contributed by atoms with Gasteiger partial charge in [0.05, 0.1) is 6.42 Å². The summed E-state index contributed by atoms with van der Waals surface area (Å²) in [5.74, 6) is -0.489. The first-order chi connectivity index (χ1) is 7.28. The number of halogens is 5. The Balaban J connectivity index is 2.69. The zero-order valence-electron chi connectivity index (χ0n) is 8.19. The van der Waals surface area contributed by atoms with E-state index in [2.05, 4.69) is 15.9 Å². The molecule has 0 saturated carbocycles. The maximum atomic E-state index is 12.9. The first-order valence-corrected chi connectivity index (χ1v) is 5.33. The summed E-state index contributed by atoms with van der Waals surface area (Å²) in [5.41, 5.74) is 5.79. The Morgan fingerprint density at radius 1 is 1.31 bits per heavy atom. The normalized spacial score (nSPS) is 13.9. The lowest BCUT2D eigenvalue weighted by molar-refractivity contribution is -0.138. The average molecular weight is 300 g/mol. The van der Waals surface area contributed by atoms with Crippen LogP contribution in [-0.4, -0.2) is 12.2 Å². The average Bonchev–Trinajstić information content (AvgIpc) is 2.08. The summed E-state index contributed by atoms with van der Waals surface area (Å²) in [7, 11) is 0. The fourth-order valence-electron chi connectivity index (χ4n) is 1.35. The Morgan fingerprint density at radius 2 is 1.94 bits per heavy atom. The lowest BCUT2D eigenvalue weighted by Crippen LogP contribution is -2.29. The lowest BCUT2D eigenvalue weighted by atomic mass is 10.0. The van der Waals surface area contributed by atoms with Crippen molar-refractivity contribution in [2.45, 2.75) is 25.1 Å². The summed E-state index contributed by atoms with van der Waals surface area (Å²) in [5, 5.41) is 0. The van der Waals surface area contributed by atoms with Crippen LogP contribution in [0.4, 0.5) is 17.6 Å². The van der Waals surface area contributed by atoms with Gasteiger partial charge in [0.15, 0.2) is 0 Å².